The number of para-hydroxylation sites is 1. The summed E-state index contributed by atoms with van der Waals surface area (Å²) in [6, 6.07) is 8.73. The van der Waals surface area contributed by atoms with Gasteiger partial charge in [-0.15, -0.1) is 0 Å². The highest BCUT2D eigenvalue weighted by molar-refractivity contribution is 5.85. The van der Waals surface area contributed by atoms with Crippen LogP contribution in [-0.4, -0.2) is 72.9 Å². The normalized spacial score (nSPS) is 24.5. The Kier molecular flexibility index (Phi) is 7.70. The molecule has 1 aromatic carbocycles. The van der Waals surface area contributed by atoms with Crippen molar-refractivity contribution in [3.05, 3.63) is 36.0 Å². The van der Waals surface area contributed by atoms with Gasteiger partial charge in [-0.2, -0.15) is 0 Å². The second-order valence-corrected chi connectivity index (χ2v) is 10.2. The first-order chi connectivity index (χ1) is 17.1. The minimum atomic E-state index is -0.338. The summed E-state index contributed by atoms with van der Waals surface area (Å²) in [4.78, 5) is 28.4. The summed E-state index contributed by atoms with van der Waals surface area (Å²) in [5.74, 6) is 0.0317. The Hall–Kier alpha value is -2.42. The molecule has 2 saturated heterocycles. The van der Waals surface area contributed by atoms with Gasteiger partial charge in [0.05, 0.1) is 5.92 Å². The minimum absolute atomic E-state index is 0.0391. The minimum Gasteiger partial charge on any atom is -0.385 e. The SMILES string of the molecule is COCCCn1cc(CN(C(=O)C2CNCC(NC(=O)C3CCCO3)C2)C2CC2)c2ccccc21. The molecule has 3 heterocycles. The van der Waals surface area contributed by atoms with Crippen LogP contribution >= 0.6 is 0 Å². The molecule has 2 aliphatic heterocycles. The van der Waals surface area contributed by atoms with Gasteiger partial charge < -0.3 is 29.6 Å². The van der Waals surface area contributed by atoms with Crippen molar-refractivity contribution < 1.29 is 19.1 Å². The van der Waals surface area contributed by atoms with Crippen LogP contribution in [0.2, 0.25) is 0 Å². The Morgan fingerprint density at radius 1 is 1.23 bits per heavy atom. The van der Waals surface area contributed by atoms with Crippen molar-refractivity contribution in [2.45, 2.75) is 69.8 Å². The van der Waals surface area contributed by atoms with Crippen LogP contribution in [0.5, 0.6) is 0 Å². The number of ether oxygens (including phenoxy) is 2. The molecule has 2 amide bonds. The molecule has 3 atom stereocenters. The maximum Gasteiger partial charge on any atom is 0.249 e. The monoisotopic (exact) mass is 482 g/mol. The number of benzene rings is 1. The fraction of sp³-hybridized carbons (Fsp3) is 0.630. The zero-order chi connectivity index (χ0) is 24.2. The summed E-state index contributed by atoms with van der Waals surface area (Å²) in [5.41, 5.74) is 2.41. The van der Waals surface area contributed by atoms with Gasteiger partial charge in [-0.3, -0.25) is 9.59 Å². The number of hydrogen-bond donors (Lipinski definition) is 2. The van der Waals surface area contributed by atoms with E-state index in [1.165, 1.54) is 16.5 Å². The van der Waals surface area contributed by atoms with Gasteiger partial charge in [-0.25, -0.2) is 0 Å². The van der Waals surface area contributed by atoms with Gasteiger partial charge in [0.1, 0.15) is 6.10 Å². The number of carbonyl (C=O) groups is 2. The first-order valence-electron chi connectivity index (χ1n) is 13.1. The van der Waals surface area contributed by atoms with E-state index in [0.717, 1.165) is 45.3 Å². The van der Waals surface area contributed by atoms with E-state index in [9.17, 15) is 9.59 Å². The Morgan fingerprint density at radius 3 is 2.86 bits per heavy atom. The van der Waals surface area contributed by atoms with Crippen molar-refractivity contribution in [3.63, 3.8) is 0 Å². The number of aromatic nitrogens is 1. The van der Waals surface area contributed by atoms with Gasteiger partial charge in [0, 0.05) is 75.7 Å². The van der Waals surface area contributed by atoms with E-state index < -0.39 is 0 Å². The zero-order valence-corrected chi connectivity index (χ0v) is 20.7. The van der Waals surface area contributed by atoms with Crippen LogP contribution in [-0.2, 0) is 32.2 Å². The Balaban J connectivity index is 1.27. The average molecular weight is 483 g/mol. The molecule has 0 bridgehead atoms. The van der Waals surface area contributed by atoms with Crippen molar-refractivity contribution in [1.29, 1.82) is 0 Å². The summed E-state index contributed by atoms with van der Waals surface area (Å²) in [6.07, 6.45) is 7.35. The number of rotatable bonds is 10. The standard InChI is InChI=1S/C27H38N4O4/c1-34-12-5-11-30-17-20(23-6-2-3-7-24(23)30)18-31(22-9-10-22)27(33)19-14-21(16-28-15-19)29-26(32)25-8-4-13-35-25/h2-3,6-7,17,19,21-22,25,28H,4-5,8-16,18H2,1H3,(H,29,32). The van der Waals surface area contributed by atoms with Gasteiger partial charge >= 0.3 is 0 Å². The Bertz CT molecular complexity index is 1030. The molecule has 1 aliphatic carbocycles. The number of amides is 2. The second-order valence-electron chi connectivity index (χ2n) is 10.2. The van der Waals surface area contributed by atoms with E-state index in [-0.39, 0.29) is 29.9 Å². The summed E-state index contributed by atoms with van der Waals surface area (Å²) >= 11 is 0. The number of methoxy groups -OCH3 is 1. The van der Waals surface area contributed by atoms with Crippen LogP contribution in [0.15, 0.2) is 30.5 Å². The summed E-state index contributed by atoms with van der Waals surface area (Å²) < 4.78 is 13.1. The summed E-state index contributed by atoms with van der Waals surface area (Å²) in [6.45, 7) is 4.26. The average Bonchev–Trinajstić information content (AvgIpc) is 3.44. The number of nitrogens with zero attached hydrogens (tertiary/aromatic N) is 2. The van der Waals surface area contributed by atoms with Crippen molar-refractivity contribution in [3.8, 4) is 0 Å². The molecule has 3 aliphatic rings. The number of aryl methyl sites for hydroxylation is 1. The molecule has 35 heavy (non-hydrogen) atoms. The van der Waals surface area contributed by atoms with Gasteiger partial charge in [-0.05, 0) is 50.2 Å². The van der Waals surface area contributed by atoms with Crippen molar-refractivity contribution in [2.75, 3.05) is 33.4 Å². The highest BCUT2D eigenvalue weighted by atomic mass is 16.5. The Morgan fingerprint density at radius 2 is 2.09 bits per heavy atom. The largest absolute Gasteiger partial charge is 0.385 e. The fourth-order valence-electron chi connectivity index (χ4n) is 5.52. The second kappa shape index (κ2) is 11.1. The highest BCUT2D eigenvalue weighted by Gasteiger charge is 2.38. The van der Waals surface area contributed by atoms with Gasteiger partial charge in [0.2, 0.25) is 11.8 Å². The molecular formula is C27H38N4O4. The van der Waals surface area contributed by atoms with E-state index in [1.54, 1.807) is 7.11 Å². The van der Waals surface area contributed by atoms with Crippen LogP contribution in [0.25, 0.3) is 10.9 Å². The molecule has 5 rings (SSSR count). The van der Waals surface area contributed by atoms with Crippen molar-refractivity contribution in [1.82, 2.24) is 20.1 Å². The van der Waals surface area contributed by atoms with E-state index in [2.05, 4.69) is 50.6 Å². The molecule has 2 N–H and O–H groups in total. The number of nitrogens with one attached hydrogen (secondary N) is 2. The van der Waals surface area contributed by atoms with Crippen molar-refractivity contribution in [2.24, 2.45) is 5.92 Å². The topological polar surface area (TPSA) is 84.8 Å². The van der Waals surface area contributed by atoms with Gasteiger partial charge in [-0.1, -0.05) is 18.2 Å². The number of hydrogen-bond acceptors (Lipinski definition) is 5. The van der Waals surface area contributed by atoms with Crippen LogP contribution in [0.3, 0.4) is 0 Å². The first-order valence-corrected chi connectivity index (χ1v) is 13.1. The lowest BCUT2D eigenvalue weighted by Crippen LogP contribution is -2.54. The van der Waals surface area contributed by atoms with Crippen LogP contribution in [0.4, 0.5) is 0 Å². The first kappa shape index (κ1) is 24.3. The quantitative estimate of drug-likeness (QED) is 0.508. The summed E-state index contributed by atoms with van der Waals surface area (Å²) in [7, 11) is 1.73. The van der Waals surface area contributed by atoms with Crippen LogP contribution in [0.1, 0.15) is 44.1 Å². The fourth-order valence-corrected chi connectivity index (χ4v) is 5.52. The lowest BCUT2D eigenvalue weighted by Gasteiger charge is -2.34. The molecule has 0 radical (unpaired) electrons. The van der Waals surface area contributed by atoms with Crippen molar-refractivity contribution >= 4 is 22.7 Å². The molecular weight excluding hydrogens is 444 g/mol. The third-order valence-corrected chi connectivity index (χ3v) is 7.50. The van der Waals surface area contributed by atoms with Crippen LogP contribution < -0.4 is 10.6 Å². The molecule has 190 valence electrons. The van der Waals surface area contributed by atoms with E-state index in [4.69, 9.17) is 9.47 Å². The zero-order valence-electron chi connectivity index (χ0n) is 20.7. The smallest absolute Gasteiger partial charge is 0.249 e. The number of fused-ring (bicyclic) bond motifs is 1. The molecule has 3 unspecified atom stereocenters. The lowest BCUT2D eigenvalue weighted by molar-refractivity contribution is -0.138. The molecule has 1 saturated carbocycles. The predicted molar refractivity (Wildman–Crippen MR) is 134 cm³/mol. The van der Waals surface area contributed by atoms with E-state index in [0.29, 0.717) is 38.7 Å². The maximum atomic E-state index is 13.8. The third kappa shape index (κ3) is 5.71. The molecule has 8 heteroatoms. The maximum absolute atomic E-state index is 13.8. The van der Waals surface area contributed by atoms with E-state index in [1.807, 2.05) is 0 Å². The third-order valence-electron chi connectivity index (χ3n) is 7.50. The van der Waals surface area contributed by atoms with E-state index >= 15 is 0 Å². The Labute approximate surface area is 207 Å². The highest BCUT2D eigenvalue weighted by Crippen LogP contribution is 2.33. The van der Waals surface area contributed by atoms with Gasteiger partial charge in [0.25, 0.3) is 0 Å². The van der Waals surface area contributed by atoms with Crippen LogP contribution in [0, 0.1) is 5.92 Å². The number of piperidine rings is 1. The summed E-state index contributed by atoms with van der Waals surface area (Å²) in [5, 5.41) is 7.72. The van der Waals surface area contributed by atoms with Gasteiger partial charge in [0.15, 0.2) is 0 Å². The number of carbonyl (C=O) groups excluding carboxylic acids is 2. The molecule has 0 spiro atoms. The molecule has 8 nitrogen and oxygen atoms in total. The predicted octanol–water partition coefficient (Wildman–Crippen LogP) is 2.44. The lowest BCUT2D eigenvalue weighted by atomic mass is 9.93. The molecule has 1 aromatic heterocycles. The molecule has 2 aromatic rings. The molecule has 3 fully saturated rings.